The van der Waals surface area contributed by atoms with E-state index in [-0.39, 0.29) is 19.3 Å². The van der Waals surface area contributed by atoms with Crippen molar-refractivity contribution in [3.8, 4) is 0 Å². The van der Waals surface area contributed by atoms with Crippen LogP contribution in [-0.4, -0.2) is 39.5 Å². The van der Waals surface area contributed by atoms with E-state index in [1.165, 1.54) is 0 Å². The molecule has 0 rings (SSSR count). The minimum Gasteiger partial charge on any atom is -0.481 e. The van der Waals surface area contributed by atoms with Crippen molar-refractivity contribution >= 4 is 17.7 Å². The lowest BCUT2D eigenvalue weighted by Gasteiger charge is -2.28. The molecule has 2 atom stereocenters. The molecule has 0 aromatic rings. The maximum Gasteiger partial charge on any atom is 0.333 e. The Hall–Kier alpha value is -1.47. The molecule has 7 heteroatoms. The van der Waals surface area contributed by atoms with E-state index < -0.39 is 29.3 Å². The number of ketones is 1. The molecule has 0 bridgehead atoms. The third-order valence-corrected chi connectivity index (χ3v) is 2.43. The van der Waals surface area contributed by atoms with E-state index in [0.717, 1.165) is 6.92 Å². The lowest BCUT2D eigenvalue weighted by atomic mass is 9.85. The number of Topliss-reactive ketones (excluding diaryl/α,β-unsaturated/α-hetero) is 1. The van der Waals surface area contributed by atoms with E-state index in [4.69, 9.17) is 21.7 Å². The van der Waals surface area contributed by atoms with Crippen LogP contribution in [0.5, 0.6) is 0 Å². The summed E-state index contributed by atoms with van der Waals surface area (Å²) in [6.07, 6.45) is 0.103. The molecule has 2 unspecified atom stereocenters. The summed E-state index contributed by atoms with van der Waals surface area (Å²) >= 11 is 0. The molecule has 0 aromatic heterocycles. The highest BCUT2D eigenvalue weighted by molar-refractivity contribution is 6.07. The van der Waals surface area contributed by atoms with Gasteiger partial charge in [0.05, 0.1) is 0 Å². The molecule has 0 saturated heterocycles. The van der Waals surface area contributed by atoms with Crippen LogP contribution in [-0.2, 0) is 14.4 Å². The first kappa shape index (κ1) is 14.5. The van der Waals surface area contributed by atoms with Gasteiger partial charge in [-0.3, -0.25) is 9.59 Å². The first-order valence-corrected chi connectivity index (χ1v) is 4.73. The smallest absolute Gasteiger partial charge is 0.333 e. The molecule has 7 nitrogen and oxygen atoms in total. The van der Waals surface area contributed by atoms with Crippen LogP contribution in [0.4, 0.5) is 0 Å². The summed E-state index contributed by atoms with van der Waals surface area (Å²) in [5, 5.41) is 17.2. The Kier molecular flexibility index (Phi) is 5.06. The zero-order valence-electron chi connectivity index (χ0n) is 8.97. The summed E-state index contributed by atoms with van der Waals surface area (Å²) in [7, 11) is 0. The summed E-state index contributed by atoms with van der Waals surface area (Å²) in [6, 6.07) is -1.10. The van der Waals surface area contributed by atoms with Gasteiger partial charge in [-0.05, 0) is 19.8 Å². The van der Waals surface area contributed by atoms with Gasteiger partial charge >= 0.3 is 11.9 Å². The van der Waals surface area contributed by atoms with E-state index in [1.54, 1.807) is 0 Å². The average Bonchev–Trinajstić information content (AvgIpc) is 2.14. The number of carboxylic acids is 2. The molecular weight excluding hydrogens is 216 g/mol. The Morgan fingerprint density at radius 3 is 2.12 bits per heavy atom. The predicted octanol–water partition coefficient (Wildman–Crippen LogP) is -1.06. The minimum atomic E-state index is -2.14. The van der Waals surface area contributed by atoms with Crippen LogP contribution in [0, 0.1) is 0 Å². The predicted molar refractivity (Wildman–Crippen MR) is 54.7 cm³/mol. The zero-order chi connectivity index (χ0) is 12.9. The van der Waals surface area contributed by atoms with Crippen LogP contribution >= 0.6 is 0 Å². The second-order valence-corrected chi connectivity index (χ2v) is 3.62. The van der Waals surface area contributed by atoms with Gasteiger partial charge in [0.15, 0.2) is 11.3 Å². The summed E-state index contributed by atoms with van der Waals surface area (Å²) in [6.45, 7) is 1.05. The first-order valence-electron chi connectivity index (χ1n) is 4.73. The van der Waals surface area contributed by atoms with Gasteiger partial charge in [0.1, 0.15) is 0 Å². The topological polar surface area (TPSA) is 144 Å². The second-order valence-electron chi connectivity index (χ2n) is 3.62. The number of nitrogens with two attached hydrogens (primary N) is 2. The maximum atomic E-state index is 11.1. The van der Waals surface area contributed by atoms with Gasteiger partial charge in [-0.2, -0.15) is 0 Å². The molecule has 16 heavy (non-hydrogen) atoms. The fraction of sp³-hybridized carbons (Fsp3) is 0.667. The zero-order valence-corrected chi connectivity index (χ0v) is 8.97. The lowest BCUT2D eigenvalue weighted by molar-refractivity contribution is -0.148. The number of carbonyl (C=O) groups is 3. The number of carbonyl (C=O) groups excluding carboxylic acids is 1. The molecule has 0 fully saturated rings. The third-order valence-electron chi connectivity index (χ3n) is 2.43. The van der Waals surface area contributed by atoms with Crippen molar-refractivity contribution in [2.45, 2.75) is 37.8 Å². The number of carboxylic acid groups (broad SMARTS) is 2. The van der Waals surface area contributed by atoms with Crippen LogP contribution < -0.4 is 11.5 Å². The van der Waals surface area contributed by atoms with Crippen LogP contribution in [0.25, 0.3) is 0 Å². The SMILES string of the molecule is CC(=O)C(N)(C(=O)O)C(N)CCCC(=O)O. The maximum absolute atomic E-state index is 11.1. The molecule has 0 aliphatic carbocycles. The van der Waals surface area contributed by atoms with E-state index in [2.05, 4.69) is 0 Å². The number of hydrogen-bond donors (Lipinski definition) is 4. The summed E-state index contributed by atoms with van der Waals surface area (Å²) in [5.41, 5.74) is 8.80. The van der Waals surface area contributed by atoms with Gasteiger partial charge < -0.3 is 21.7 Å². The van der Waals surface area contributed by atoms with Gasteiger partial charge in [0.2, 0.25) is 0 Å². The fourth-order valence-electron chi connectivity index (χ4n) is 1.27. The van der Waals surface area contributed by atoms with Crippen molar-refractivity contribution in [1.82, 2.24) is 0 Å². The van der Waals surface area contributed by atoms with Crippen molar-refractivity contribution in [3.05, 3.63) is 0 Å². The Labute approximate surface area is 92.4 Å². The molecule has 0 aromatic carbocycles. The Morgan fingerprint density at radius 2 is 1.81 bits per heavy atom. The molecule has 0 aliphatic rings. The summed E-state index contributed by atoms with van der Waals surface area (Å²) < 4.78 is 0. The van der Waals surface area contributed by atoms with Crippen molar-refractivity contribution in [1.29, 1.82) is 0 Å². The third kappa shape index (κ3) is 3.28. The number of rotatable bonds is 7. The van der Waals surface area contributed by atoms with E-state index in [0.29, 0.717) is 0 Å². The van der Waals surface area contributed by atoms with Crippen molar-refractivity contribution in [2.24, 2.45) is 11.5 Å². The van der Waals surface area contributed by atoms with Crippen LogP contribution in [0.1, 0.15) is 26.2 Å². The standard InChI is InChI=1S/C9H16N2O5/c1-5(12)9(11,8(15)16)6(10)3-2-4-7(13)14/h6H,2-4,10-11H2,1H3,(H,13,14)(H,15,16). The average molecular weight is 232 g/mol. The Bertz CT molecular complexity index is 288. The molecule has 0 heterocycles. The van der Waals surface area contributed by atoms with Gasteiger partial charge in [-0.25, -0.2) is 4.79 Å². The van der Waals surface area contributed by atoms with Gasteiger partial charge in [0.25, 0.3) is 0 Å². The lowest BCUT2D eigenvalue weighted by Crippen LogP contribution is -2.65. The van der Waals surface area contributed by atoms with Crippen LogP contribution in [0.15, 0.2) is 0 Å². The Morgan fingerprint density at radius 1 is 1.31 bits per heavy atom. The monoisotopic (exact) mass is 232 g/mol. The molecule has 0 saturated carbocycles. The highest BCUT2D eigenvalue weighted by Crippen LogP contribution is 2.13. The van der Waals surface area contributed by atoms with Crippen LogP contribution in [0.2, 0.25) is 0 Å². The highest BCUT2D eigenvalue weighted by atomic mass is 16.4. The molecule has 92 valence electrons. The van der Waals surface area contributed by atoms with Gasteiger partial charge in [-0.1, -0.05) is 0 Å². The Balaban J connectivity index is 4.53. The van der Waals surface area contributed by atoms with E-state index in [9.17, 15) is 14.4 Å². The molecule has 0 spiro atoms. The molecule has 0 aliphatic heterocycles. The fourth-order valence-corrected chi connectivity index (χ4v) is 1.27. The van der Waals surface area contributed by atoms with E-state index in [1.807, 2.05) is 0 Å². The van der Waals surface area contributed by atoms with Gasteiger partial charge in [-0.15, -0.1) is 0 Å². The minimum absolute atomic E-state index is 0.0642. The summed E-state index contributed by atoms with van der Waals surface area (Å²) in [4.78, 5) is 32.2. The van der Waals surface area contributed by atoms with E-state index >= 15 is 0 Å². The van der Waals surface area contributed by atoms with Crippen molar-refractivity contribution in [3.63, 3.8) is 0 Å². The number of hydrogen-bond acceptors (Lipinski definition) is 5. The second kappa shape index (κ2) is 5.57. The van der Waals surface area contributed by atoms with Gasteiger partial charge in [0, 0.05) is 12.5 Å². The van der Waals surface area contributed by atoms with Crippen molar-refractivity contribution in [2.75, 3.05) is 0 Å². The first-order chi connectivity index (χ1) is 7.22. The molecule has 6 N–H and O–H groups in total. The quantitative estimate of drug-likeness (QED) is 0.409. The largest absolute Gasteiger partial charge is 0.481 e. The normalized spacial score (nSPS) is 16.2. The number of aliphatic carboxylic acids is 2. The molecule has 0 amide bonds. The van der Waals surface area contributed by atoms with Crippen LogP contribution in [0.3, 0.4) is 0 Å². The summed E-state index contributed by atoms with van der Waals surface area (Å²) in [5.74, 6) is -3.25. The highest BCUT2D eigenvalue weighted by Gasteiger charge is 2.44. The van der Waals surface area contributed by atoms with Crippen molar-refractivity contribution < 1.29 is 24.6 Å². The molecule has 0 radical (unpaired) electrons. The molecular formula is C9H16N2O5.